The normalized spacial score (nSPS) is 11.8. The molecule has 0 heterocycles. The van der Waals surface area contributed by atoms with Gasteiger partial charge >= 0.3 is 0 Å². The van der Waals surface area contributed by atoms with Crippen molar-refractivity contribution in [2.45, 2.75) is 46.1 Å². The molecule has 2 N–H and O–H groups in total. The van der Waals surface area contributed by atoms with Crippen molar-refractivity contribution in [1.29, 1.82) is 0 Å². The molecule has 1 nitrogen and oxygen atoms in total. The van der Waals surface area contributed by atoms with Crippen LogP contribution in [0.1, 0.15) is 37.5 Å². The average Bonchev–Trinajstić information content (AvgIpc) is 2.06. The molecule has 0 aromatic heterocycles. The zero-order chi connectivity index (χ0) is 10.8. The van der Waals surface area contributed by atoms with E-state index in [1.165, 1.54) is 16.7 Å². The molecule has 0 unspecified atom stereocenters. The second-order valence-corrected chi connectivity index (χ2v) is 4.78. The van der Waals surface area contributed by atoms with Crippen LogP contribution < -0.4 is 5.73 Å². The van der Waals surface area contributed by atoms with Gasteiger partial charge in [-0.2, -0.15) is 0 Å². The molecule has 0 atom stereocenters. The predicted molar refractivity (Wildman–Crippen MR) is 62.5 cm³/mol. The van der Waals surface area contributed by atoms with Gasteiger partial charge < -0.3 is 5.73 Å². The Hall–Kier alpha value is -0.820. The van der Waals surface area contributed by atoms with Gasteiger partial charge in [0.25, 0.3) is 0 Å². The highest BCUT2D eigenvalue weighted by Gasteiger charge is 2.13. The SMILES string of the molecule is CCc1ccc(C)c(CC(C)(C)N)c1. The molecule has 1 aromatic carbocycles. The third-order valence-electron chi connectivity index (χ3n) is 2.47. The van der Waals surface area contributed by atoms with Gasteiger partial charge in [0.15, 0.2) is 0 Å². The van der Waals surface area contributed by atoms with E-state index >= 15 is 0 Å². The number of nitrogens with two attached hydrogens (primary N) is 1. The molecule has 1 rings (SSSR count). The van der Waals surface area contributed by atoms with E-state index in [0.717, 1.165) is 12.8 Å². The highest BCUT2D eigenvalue weighted by atomic mass is 14.7. The summed E-state index contributed by atoms with van der Waals surface area (Å²) in [7, 11) is 0. The first-order valence-electron chi connectivity index (χ1n) is 5.29. The van der Waals surface area contributed by atoms with Gasteiger partial charge in [-0.15, -0.1) is 0 Å². The Bertz CT molecular complexity index is 308. The molecule has 0 aliphatic carbocycles. The van der Waals surface area contributed by atoms with E-state index in [1.807, 2.05) is 0 Å². The van der Waals surface area contributed by atoms with Gasteiger partial charge in [0.1, 0.15) is 0 Å². The minimum absolute atomic E-state index is 0.114. The fourth-order valence-corrected chi connectivity index (χ4v) is 1.63. The van der Waals surface area contributed by atoms with Gasteiger partial charge in [0.2, 0.25) is 0 Å². The third kappa shape index (κ3) is 3.15. The van der Waals surface area contributed by atoms with E-state index in [9.17, 15) is 0 Å². The van der Waals surface area contributed by atoms with Gasteiger partial charge in [-0.1, -0.05) is 25.1 Å². The van der Waals surface area contributed by atoms with Crippen LogP contribution in [0.2, 0.25) is 0 Å². The van der Waals surface area contributed by atoms with Crippen molar-refractivity contribution in [2.75, 3.05) is 0 Å². The highest BCUT2D eigenvalue weighted by Crippen LogP contribution is 2.16. The molecule has 0 saturated heterocycles. The fraction of sp³-hybridized carbons (Fsp3) is 0.538. The average molecular weight is 191 g/mol. The Kier molecular flexibility index (Phi) is 3.33. The van der Waals surface area contributed by atoms with Crippen molar-refractivity contribution in [1.82, 2.24) is 0 Å². The van der Waals surface area contributed by atoms with Crippen LogP contribution in [0, 0.1) is 6.92 Å². The Morgan fingerprint density at radius 2 is 1.93 bits per heavy atom. The molecule has 0 radical (unpaired) electrons. The molecule has 0 aliphatic heterocycles. The summed E-state index contributed by atoms with van der Waals surface area (Å²) < 4.78 is 0. The van der Waals surface area contributed by atoms with Crippen LogP contribution in [0.5, 0.6) is 0 Å². The fourth-order valence-electron chi connectivity index (χ4n) is 1.63. The van der Waals surface area contributed by atoms with E-state index in [0.29, 0.717) is 0 Å². The number of aryl methyl sites for hydroxylation is 2. The summed E-state index contributed by atoms with van der Waals surface area (Å²) in [5.74, 6) is 0. The number of benzene rings is 1. The van der Waals surface area contributed by atoms with Crippen LogP contribution in [0.3, 0.4) is 0 Å². The molecule has 14 heavy (non-hydrogen) atoms. The lowest BCUT2D eigenvalue weighted by molar-refractivity contribution is 0.515. The molecule has 0 bridgehead atoms. The molecule has 0 fully saturated rings. The molecular formula is C13H21N. The first-order valence-corrected chi connectivity index (χ1v) is 5.29. The summed E-state index contributed by atoms with van der Waals surface area (Å²) in [5, 5.41) is 0. The summed E-state index contributed by atoms with van der Waals surface area (Å²) in [5.41, 5.74) is 10.0. The second-order valence-electron chi connectivity index (χ2n) is 4.78. The Morgan fingerprint density at radius 3 is 2.43 bits per heavy atom. The second kappa shape index (κ2) is 4.14. The van der Waals surface area contributed by atoms with Gasteiger partial charge in [0.05, 0.1) is 0 Å². The maximum Gasteiger partial charge on any atom is 0.0138 e. The quantitative estimate of drug-likeness (QED) is 0.781. The Balaban J connectivity index is 2.95. The van der Waals surface area contributed by atoms with E-state index in [2.05, 4.69) is 45.9 Å². The smallest absolute Gasteiger partial charge is 0.0138 e. The van der Waals surface area contributed by atoms with E-state index in [1.54, 1.807) is 0 Å². The van der Waals surface area contributed by atoms with Crippen molar-refractivity contribution in [3.05, 3.63) is 34.9 Å². The van der Waals surface area contributed by atoms with Crippen molar-refractivity contribution in [2.24, 2.45) is 5.73 Å². The van der Waals surface area contributed by atoms with E-state index < -0.39 is 0 Å². The van der Waals surface area contributed by atoms with Crippen molar-refractivity contribution >= 4 is 0 Å². The minimum Gasteiger partial charge on any atom is -0.325 e. The van der Waals surface area contributed by atoms with Crippen LogP contribution in [0.25, 0.3) is 0 Å². The predicted octanol–water partition coefficient (Wildman–Crippen LogP) is 2.84. The number of hydrogen-bond acceptors (Lipinski definition) is 1. The summed E-state index contributed by atoms with van der Waals surface area (Å²) in [6, 6.07) is 6.67. The van der Waals surface area contributed by atoms with Crippen LogP contribution in [0.15, 0.2) is 18.2 Å². The van der Waals surface area contributed by atoms with Crippen LogP contribution >= 0.6 is 0 Å². The van der Waals surface area contributed by atoms with Crippen molar-refractivity contribution in [3.63, 3.8) is 0 Å². The Morgan fingerprint density at radius 1 is 1.29 bits per heavy atom. The standard InChI is InChI=1S/C13H21N/c1-5-11-7-6-10(2)12(8-11)9-13(3,4)14/h6-8H,5,9,14H2,1-4H3. The van der Waals surface area contributed by atoms with Crippen molar-refractivity contribution < 1.29 is 0 Å². The maximum atomic E-state index is 6.03. The first kappa shape index (κ1) is 11.3. The molecule has 1 aromatic rings. The molecular weight excluding hydrogens is 170 g/mol. The van der Waals surface area contributed by atoms with Crippen LogP contribution in [0.4, 0.5) is 0 Å². The highest BCUT2D eigenvalue weighted by molar-refractivity contribution is 5.32. The van der Waals surface area contributed by atoms with Gasteiger partial charge in [-0.3, -0.25) is 0 Å². The van der Waals surface area contributed by atoms with Crippen LogP contribution in [-0.2, 0) is 12.8 Å². The topological polar surface area (TPSA) is 26.0 Å². The summed E-state index contributed by atoms with van der Waals surface area (Å²) in [4.78, 5) is 0. The zero-order valence-corrected chi connectivity index (χ0v) is 9.72. The molecule has 0 aliphatic rings. The lowest BCUT2D eigenvalue weighted by atomic mass is 9.92. The summed E-state index contributed by atoms with van der Waals surface area (Å²) in [6.45, 7) is 8.48. The maximum absolute atomic E-state index is 6.03. The van der Waals surface area contributed by atoms with E-state index in [-0.39, 0.29) is 5.54 Å². The lowest BCUT2D eigenvalue weighted by Gasteiger charge is -2.20. The number of rotatable bonds is 3. The third-order valence-corrected chi connectivity index (χ3v) is 2.47. The molecule has 0 saturated carbocycles. The molecule has 1 heteroatoms. The first-order chi connectivity index (χ1) is 6.42. The van der Waals surface area contributed by atoms with Crippen LogP contribution in [-0.4, -0.2) is 5.54 Å². The lowest BCUT2D eigenvalue weighted by Crippen LogP contribution is -2.34. The molecule has 0 amide bonds. The minimum atomic E-state index is -0.114. The monoisotopic (exact) mass is 191 g/mol. The van der Waals surface area contributed by atoms with Crippen molar-refractivity contribution in [3.8, 4) is 0 Å². The summed E-state index contributed by atoms with van der Waals surface area (Å²) >= 11 is 0. The Labute approximate surface area is 87.3 Å². The molecule has 78 valence electrons. The number of hydrogen-bond donors (Lipinski definition) is 1. The van der Waals surface area contributed by atoms with Gasteiger partial charge in [0, 0.05) is 5.54 Å². The summed E-state index contributed by atoms with van der Waals surface area (Å²) in [6.07, 6.45) is 2.05. The van der Waals surface area contributed by atoms with Gasteiger partial charge in [-0.25, -0.2) is 0 Å². The largest absolute Gasteiger partial charge is 0.325 e. The zero-order valence-electron chi connectivity index (χ0n) is 9.72. The van der Waals surface area contributed by atoms with Gasteiger partial charge in [-0.05, 0) is 50.3 Å². The van der Waals surface area contributed by atoms with E-state index in [4.69, 9.17) is 5.73 Å². The molecule has 0 spiro atoms.